The first kappa shape index (κ1) is 19.0. The predicted octanol–water partition coefficient (Wildman–Crippen LogP) is 5.16. The Balaban J connectivity index is 1.68. The molecule has 0 aliphatic heterocycles. The fraction of sp³-hybridized carbons (Fsp3) is 0.375. The molecule has 30 heavy (non-hydrogen) atoms. The van der Waals surface area contributed by atoms with Gasteiger partial charge in [-0.05, 0) is 48.9 Å². The molecule has 1 aromatic carbocycles. The lowest BCUT2D eigenvalue weighted by Gasteiger charge is -2.35. The van der Waals surface area contributed by atoms with Crippen molar-refractivity contribution in [3.8, 4) is 11.1 Å². The third-order valence-corrected chi connectivity index (χ3v) is 6.87. The van der Waals surface area contributed by atoms with Crippen LogP contribution in [0.2, 0.25) is 0 Å². The van der Waals surface area contributed by atoms with E-state index in [2.05, 4.69) is 23.9 Å². The standard InChI is InChI=1S/C24H25FN4O/c1-14-5-4-6-20(15(14)2)28-12-11-21-19(24(28)30)13-26-23-22(16(3)27-29(21)23)17-7-9-18(25)10-8-17/h7-15,20H,4-6H2,1-3H3/t14-,15+,20+/m0/s1. The average molecular weight is 404 g/mol. The summed E-state index contributed by atoms with van der Waals surface area (Å²) in [6.45, 7) is 6.43. The van der Waals surface area contributed by atoms with Crippen LogP contribution in [-0.2, 0) is 0 Å². The zero-order chi connectivity index (χ0) is 21.0. The second-order valence-corrected chi connectivity index (χ2v) is 8.62. The van der Waals surface area contributed by atoms with Gasteiger partial charge in [-0.3, -0.25) is 4.79 Å². The molecule has 1 aliphatic rings. The van der Waals surface area contributed by atoms with Crippen LogP contribution >= 0.6 is 0 Å². The molecule has 0 amide bonds. The molecule has 6 heteroatoms. The Labute approximate surface area is 174 Å². The number of hydrogen-bond acceptors (Lipinski definition) is 3. The second-order valence-electron chi connectivity index (χ2n) is 8.62. The van der Waals surface area contributed by atoms with Crippen LogP contribution in [0.4, 0.5) is 4.39 Å². The summed E-state index contributed by atoms with van der Waals surface area (Å²) in [7, 11) is 0. The van der Waals surface area contributed by atoms with E-state index in [1.54, 1.807) is 22.8 Å². The Morgan fingerprint density at radius 2 is 1.87 bits per heavy atom. The third-order valence-electron chi connectivity index (χ3n) is 6.87. The molecular formula is C24H25FN4O. The molecule has 5 rings (SSSR count). The highest BCUT2D eigenvalue weighted by Crippen LogP contribution is 2.37. The van der Waals surface area contributed by atoms with E-state index >= 15 is 0 Å². The Hall–Kier alpha value is -3.02. The molecule has 0 saturated heterocycles. The molecule has 0 N–H and O–H groups in total. The lowest BCUT2D eigenvalue weighted by Crippen LogP contribution is -2.33. The molecule has 1 fully saturated rings. The number of rotatable bonds is 2. The maximum atomic E-state index is 13.4. The number of pyridine rings is 1. The molecule has 154 valence electrons. The highest BCUT2D eigenvalue weighted by atomic mass is 19.1. The molecule has 5 nitrogen and oxygen atoms in total. The Morgan fingerprint density at radius 1 is 1.10 bits per heavy atom. The summed E-state index contributed by atoms with van der Waals surface area (Å²) in [6, 6.07) is 8.52. The number of aryl methyl sites for hydroxylation is 1. The van der Waals surface area contributed by atoms with Crippen molar-refractivity contribution in [3.05, 3.63) is 64.6 Å². The first-order valence-corrected chi connectivity index (χ1v) is 10.6. The highest BCUT2D eigenvalue weighted by molar-refractivity contribution is 5.86. The Bertz CT molecular complexity index is 1310. The molecule has 3 aromatic heterocycles. The van der Waals surface area contributed by atoms with Gasteiger partial charge in [-0.25, -0.2) is 13.9 Å². The van der Waals surface area contributed by atoms with Crippen molar-refractivity contribution in [1.29, 1.82) is 0 Å². The molecule has 3 heterocycles. The van der Waals surface area contributed by atoms with Crippen molar-refractivity contribution in [2.24, 2.45) is 11.8 Å². The van der Waals surface area contributed by atoms with E-state index in [-0.39, 0.29) is 17.4 Å². The SMILES string of the molecule is Cc1nn2c(ncc3c(=O)n([C@@H]4CCC[C@H](C)[C@H]4C)ccc32)c1-c1ccc(F)cc1. The first-order valence-electron chi connectivity index (χ1n) is 10.6. The van der Waals surface area contributed by atoms with Gasteiger partial charge >= 0.3 is 0 Å². The lowest BCUT2D eigenvalue weighted by molar-refractivity contribution is 0.183. The van der Waals surface area contributed by atoms with Crippen LogP contribution < -0.4 is 5.56 Å². The summed E-state index contributed by atoms with van der Waals surface area (Å²) >= 11 is 0. The van der Waals surface area contributed by atoms with Crippen molar-refractivity contribution in [3.63, 3.8) is 0 Å². The van der Waals surface area contributed by atoms with E-state index in [1.165, 1.54) is 18.6 Å². The van der Waals surface area contributed by atoms with Crippen LogP contribution in [0.5, 0.6) is 0 Å². The molecule has 4 aromatic rings. The molecule has 3 atom stereocenters. The molecule has 0 bridgehead atoms. The zero-order valence-electron chi connectivity index (χ0n) is 17.5. The Kier molecular flexibility index (Phi) is 4.45. The number of nitrogens with zero attached hydrogens (tertiary/aromatic N) is 4. The molecule has 0 unspecified atom stereocenters. The topological polar surface area (TPSA) is 52.2 Å². The van der Waals surface area contributed by atoms with Crippen molar-refractivity contribution in [2.75, 3.05) is 0 Å². The van der Waals surface area contributed by atoms with Gasteiger partial charge in [0.2, 0.25) is 0 Å². The molecule has 1 saturated carbocycles. The quantitative estimate of drug-likeness (QED) is 0.464. The maximum absolute atomic E-state index is 13.4. The summed E-state index contributed by atoms with van der Waals surface area (Å²) in [5.41, 5.74) is 3.91. The predicted molar refractivity (Wildman–Crippen MR) is 116 cm³/mol. The van der Waals surface area contributed by atoms with Crippen LogP contribution in [0.25, 0.3) is 27.7 Å². The summed E-state index contributed by atoms with van der Waals surface area (Å²) in [5, 5.41) is 5.24. The second kappa shape index (κ2) is 7.04. The van der Waals surface area contributed by atoms with Crippen molar-refractivity contribution in [1.82, 2.24) is 19.2 Å². The average Bonchev–Trinajstić information content (AvgIpc) is 3.08. The smallest absolute Gasteiger partial charge is 0.261 e. The molecule has 1 aliphatic carbocycles. The zero-order valence-corrected chi connectivity index (χ0v) is 17.5. The molecular weight excluding hydrogens is 379 g/mol. The highest BCUT2D eigenvalue weighted by Gasteiger charge is 2.29. The summed E-state index contributed by atoms with van der Waals surface area (Å²) in [6.07, 6.45) is 6.98. The minimum atomic E-state index is -0.280. The lowest BCUT2D eigenvalue weighted by atomic mass is 9.78. The van der Waals surface area contributed by atoms with Gasteiger partial charge < -0.3 is 4.57 Å². The van der Waals surface area contributed by atoms with Gasteiger partial charge in [0.25, 0.3) is 5.56 Å². The van der Waals surface area contributed by atoms with Crippen molar-refractivity contribution in [2.45, 2.75) is 46.1 Å². The minimum Gasteiger partial charge on any atom is -0.311 e. The fourth-order valence-corrected chi connectivity index (χ4v) is 4.95. The number of halogens is 1. The van der Waals surface area contributed by atoms with E-state index in [9.17, 15) is 9.18 Å². The van der Waals surface area contributed by atoms with Gasteiger partial charge in [0, 0.05) is 24.0 Å². The molecule has 0 radical (unpaired) electrons. The number of hydrogen-bond donors (Lipinski definition) is 0. The van der Waals surface area contributed by atoms with E-state index in [0.29, 0.717) is 22.9 Å². The normalized spacial score (nSPS) is 22.1. The monoisotopic (exact) mass is 404 g/mol. The van der Waals surface area contributed by atoms with Gasteiger partial charge in [-0.1, -0.05) is 38.8 Å². The minimum absolute atomic E-state index is 0.00987. The number of benzene rings is 1. The van der Waals surface area contributed by atoms with Gasteiger partial charge in [0.15, 0.2) is 5.65 Å². The van der Waals surface area contributed by atoms with E-state index in [0.717, 1.165) is 35.2 Å². The Morgan fingerprint density at radius 3 is 2.63 bits per heavy atom. The van der Waals surface area contributed by atoms with Crippen LogP contribution in [-0.4, -0.2) is 19.2 Å². The van der Waals surface area contributed by atoms with Gasteiger partial charge in [-0.2, -0.15) is 5.10 Å². The van der Waals surface area contributed by atoms with E-state index in [1.807, 2.05) is 23.8 Å². The first-order chi connectivity index (χ1) is 14.5. The van der Waals surface area contributed by atoms with E-state index < -0.39 is 0 Å². The van der Waals surface area contributed by atoms with Gasteiger partial charge in [0.1, 0.15) is 5.82 Å². The maximum Gasteiger partial charge on any atom is 0.261 e. The summed E-state index contributed by atoms with van der Waals surface area (Å²) in [5.74, 6) is 0.791. The van der Waals surface area contributed by atoms with Crippen molar-refractivity contribution < 1.29 is 4.39 Å². The molecule has 0 spiro atoms. The van der Waals surface area contributed by atoms with Crippen LogP contribution in [0, 0.1) is 24.6 Å². The van der Waals surface area contributed by atoms with Gasteiger partial charge in [0.05, 0.1) is 16.6 Å². The number of fused-ring (bicyclic) bond motifs is 3. The van der Waals surface area contributed by atoms with E-state index in [4.69, 9.17) is 0 Å². The third kappa shape index (κ3) is 2.85. The van der Waals surface area contributed by atoms with Gasteiger partial charge in [-0.15, -0.1) is 0 Å². The van der Waals surface area contributed by atoms with Crippen LogP contribution in [0.3, 0.4) is 0 Å². The summed E-state index contributed by atoms with van der Waals surface area (Å²) in [4.78, 5) is 18.0. The fourth-order valence-electron chi connectivity index (χ4n) is 4.95. The summed E-state index contributed by atoms with van der Waals surface area (Å²) < 4.78 is 17.0. The largest absolute Gasteiger partial charge is 0.311 e. The van der Waals surface area contributed by atoms with Crippen molar-refractivity contribution >= 4 is 16.6 Å². The number of aromatic nitrogens is 4. The van der Waals surface area contributed by atoms with Crippen LogP contribution in [0.15, 0.2) is 47.5 Å². The van der Waals surface area contributed by atoms with Crippen LogP contribution in [0.1, 0.15) is 44.8 Å².